The number of carbonyl (C=O) groups excluding carboxylic acids is 2. The first-order chi connectivity index (χ1) is 11.6. The first kappa shape index (κ1) is 17.7. The van der Waals surface area contributed by atoms with Gasteiger partial charge in [0.2, 0.25) is 5.91 Å². The summed E-state index contributed by atoms with van der Waals surface area (Å²) in [5, 5.41) is 2.70. The van der Waals surface area contributed by atoms with Crippen molar-refractivity contribution < 1.29 is 23.1 Å². The number of methoxy groups -OCH3 is 1. The molecule has 1 heterocycles. The van der Waals surface area contributed by atoms with E-state index in [4.69, 9.17) is 4.42 Å². The van der Waals surface area contributed by atoms with Crippen LogP contribution in [0.2, 0.25) is 0 Å². The average molecular weight is 334 g/mol. The van der Waals surface area contributed by atoms with Crippen molar-refractivity contribution >= 4 is 11.9 Å². The molecule has 0 aliphatic rings. The number of benzene rings is 1. The van der Waals surface area contributed by atoms with E-state index in [1.807, 2.05) is 0 Å². The highest BCUT2D eigenvalue weighted by atomic mass is 19.1. The number of halogens is 1. The zero-order valence-electron chi connectivity index (χ0n) is 13.4. The Bertz CT molecular complexity index is 699. The van der Waals surface area contributed by atoms with Crippen LogP contribution in [0, 0.1) is 5.82 Å². The van der Waals surface area contributed by atoms with E-state index in [0.717, 1.165) is 0 Å². The van der Waals surface area contributed by atoms with Crippen molar-refractivity contribution in [2.45, 2.75) is 25.7 Å². The van der Waals surface area contributed by atoms with Crippen LogP contribution in [0.15, 0.2) is 34.9 Å². The maximum absolute atomic E-state index is 13.7. The van der Waals surface area contributed by atoms with E-state index in [9.17, 15) is 14.0 Å². The molecule has 0 unspecified atom stereocenters. The van der Waals surface area contributed by atoms with Crippen molar-refractivity contribution in [1.29, 1.82) is 0 Å². The number of rotatable bonds is 8. The van der Waals surface area contributed by atoms with Crippen molar-refractivity contribution in [3.05, 3.63) is 42.2 Å². The first-order valence-electron chi connectivity index (χ1n) is 7.63. The van der Waals surface area contributed by atoms with Gasteiger partial charge in [0.25, 0.3) is 0 Å². The molecule has 0 bridgehead atoms. The Balaban J connectivity index is 1.76. The number of amides is 1. The van der Waals surface area contributed by atoms with Crippen LogP contribution in [-0.4, -0.2) is 30.5 Å². The quantitative estimate of drug-likeness (QED) is 0.592. The number of nitrogens with zero attached hydrogens (tertiary/aromatic N) is 1. The van der Waals surface area contributed by atoms with E-state index >= 15 is 0 Å². The summed E-state index contributed by atoms with van der Waals surface area (Å²) in [6.07, 6.45) is 2.76. The Morgan fingerprint density at radius 3 is 2.83 bits per heavy atom. The lowest BCUT2D eigenvalue weighted by Crippen LogP contribution is -2.25. The van der Waals surface area contributed by atoms with Crippen LogP contribution in [-0.2, 0) is 20.7 Å². The van der Waals surface area contributed by atoms with Crippen molar-refractivity contribution in [3.8, 4) is 11.3 Å². The molecular weight excluding hydrogens is 315 g/mol. The molecule has 0 spiro atoms. The molecule has 0 saturated carbocycles. The number of hydrogen-bond acceptors (Lipinski definition) is 5. The molecule has 0 aliphatic carbocycles. The van der Waals surface area contributed by atoms with Gasteiger partial charge in [-0.25, -0.2) is 9.37 Å². The zero-order chi connectivity index (χ0) is 17.4. The maximum atomic E-state index is 13.7. The Morgan fingerprint density at radius 1 is 1.29 bits per heavy atom. The largest absolute Gasteiger partial charge is 0.469 e. The van der Waals surface area contributed by atoms with Gasteiger partial charge in [0.1, 0.15) is 5.82 Å². The molecule has 24 heavy (non-hydrogen) atoms. The third-order valence-corrected chi connectivity index (χ3v) is 3.37. The number of oxazole rings is 1. The number of ether oxygens (including phenoxy) is 1. The topological polar surface area (TPSA) is 81.4 Å². The van der Waals surface area contributed by atoms with Gasteiger partial charge in [0.05, 0.1) is 18.9 Å². The molecule has 1 N–H and O–H groups in total. The number of aromatic nitrogens is 1. The fourth-order valence-electron chi connectivity index (χ4n) is 2.08. The van der Waals surface area contributed by atoms with Crippen LogP contribution in [0.3, 0.4) is 0 Å². The highest BCUT2D eigenvalue weighted by Gasteiger charge is 2.11. The molecule has 2 aromatic rings. The molecular formula is C17H19FN2O4. The van der Waals surface area contributed by atoms with Gasteiger partial charge in [0, 0.05) is 25.8 Å². The number of hydrogen-bond donors (Lipinski definition) is 1. The van der Waals surface area contributed by atoms with E-state index in [0.29, 0.717) is 36.6 Å². The van der Waals surface area contributed by atoms with Crippen LogP contribution >= 0.6 is 0 Å². The second-order valence-corrected chi connectivity index (χ2v) is 5.13. The minimum absolute atomic E-state index is 0.162. The minimum atomic E-state index is -0.386. The van der Waals surface area contributed by atoms with Gasteiger partial charge >= 0.3 is 5.97 Å². The third kappa shape index (κ3) is 5.19. The average Bonchev–Trinajstić information content (AvgIpc) is 3.05. The molecule has 1 aromatic heterocycles. The summed E-state index contributed by atoms with van der Waals surface area (Å²) in [6.45, 7) is 0.403. The van der Waals surface area contributed by atoms with Crippen molar-refractivity contribution in [1.82, 2.24) is 10.3 Å². The molecule has 0 fully saturated rings. The van der Waals surface area contributed by atoms with E-state index in [1.165, 1.54) is 19.4 Å². The summed E-state index contributed by atoms with van der Waals surface area (Å²) in [5.74, 6) is -0.140. The van der Waals surface area contributed by atoms with Gasteiger partial charge in [-0.1, -0.05) is 12.1 Å². The summed E-state index contributed by atoms with van der Waals surface area (Å²) >= 11 is 0. The molecule has 0 radical (unpaired) electrons. The molecule has 6 nitrogen and oxygen atoms in total. The molecule has 0 aliphatic heterocycles. The number of aryl methyl sites for hydroxylation is 1. The van der Waals surface area contributed by atoms with Crippen molar-refractivity contribution in [2.24, 2.45) is 0 Å². The maximum Gasteiger partial charge on any atom is 0.305 e. The number of nitrogens with one attached hydrogen (secondary N) is 1. The van der Waals surface area contributed by atoms with Crippen LogP contribution in [0.25, 0.3) is 11.3 Å². The lowest BCUT2D eigenvalue weighted by Gasteiger charge is -2.03. The lowest BCUT2D eigenvalue weighted by molar-refractivity contribution is -0.140. The summed E-state index contributed by atoms with van der Waals surface area (Å²) in [7, 11) is 1.33. The van der Waals surface area contributed by atoms with E-state index in [1.54, 1.807) is 18.2 Å². The second-order valence-electron chi connectivity index (χ2n) is 5.13. The van der Waals surface area contributed by atoms with E-state index in [-0.39, 0.29) is 30.5 Å². The van der Waals surface area contributed by atoms with E-state index in [2.05, 4.69) is 15.0 Å². The molecule has 0 atom stereocenters. The normalized spacial score (nSPS) is 10.4. The van der Waals surface area contributed by atoms with Gasteiger partial charge < -0.3 is 14.5 Å². The molecule has 7 heteroatoms. The molecule has 128 valence electrons. The summed E-state index contributed by atoms with van der Waals surface area (Å²) in [5.41, 5.74) is 0.337. The van der Waals surface area contributed by atoms with Crippen LogP contribution in [0.5, 0.6) is 0 Å². The standard InChI is InChI=1S/C17H19FN2O4/c1-23-17(22)7-4-10-19-15(21)8-9-16-20-11-14(24-16)12-5-2-3-6-13(12)18/h2-3,5-6,11H,4,7-10H2,1H3,(H,19,21). The minimum Gasteiger partial charge on any atom is -0.469 e. The van der Waals surface area contributed by atoms with E-state index < -0.39 is 0 Å². The summed E-state index contributed by atoms with van der Waals surface area (Å²) in [6, 6.07) is 6.26. The van der Waals surface area contributed by atoms with Gasteiger partial charge in [-0.3, -0.25) is 9.59 Å². The molecule has 0 saturated heterocycles. The third-order valence-electron chi connectivity index (χ3n) is 3.37. The van der Waals surface area contributed by atoms with Crippen LogP contribution < -0.4 is 5.32 Å². The fraction of sp³-hybridized carbons (Fsp3) is 0.353. The monoisotopic (exact) mass is 334 g/mol. The summed E-state index contributed by atoms with van der Waals surface area (Å²) in [4.78, 5) is 26.7. The Morgan fingerprint density at radius 2 is 2.08 bits per heavy atom. The number of esters is 1. The SMILES string of the molecule is COC(=O)CCCNC(=O)CCc1ncc(-c2ccccc2F)o1. The van der Waals surface area contributed by atoms with Crippen LogP contribution in [0.1, 0.15) is 25.2 Å². The number of carbonyl (C=O) groups is 2. The second kappa shape index (κ2) is 8.81. The van der Waals surface area contributed by atoms with Gasteiger partial charge in [-0.05, 0) is 18.6 Å². The molecule has 1 aromatic carbocycles. The fourth-order valence-corrected chi connectivity index (χ4v) is 2.08. The smallest absolute Gasteiger partial charge is 0.305 e. The zero-order valence-corrected chi connectivity index (χ0v) is 13.4. The van der Waals surface area contributed by atoms with Gasteiger partial charge in [-0.2, -0.15) is 0 Å². The van der Waals surface area contributed by atoms with Crippen LogP contribution in [0.4, 0.5) is 4.39 Å². The Hall–Kier alpha value is -2.70. The molecule has 1 amide bonds. The van der Waals surface area contributed by atoms with Gasteiger partial charge in [0.15, 0.2) is 11.7 Å². The lowest BCUT2D eigenvalue weighted by atomic mass is 10.2. The highest BCUT2D eigenvalue weighted by Crippen LogP contribution is 2.23. The summed E-state index contributed by atoms with van der Waals surface area (Å²) < 4.78 is 23.7. The predicted octanol–water partition coefficient (Wildman–Crippen LogP) is 2.48. The Labute approximate surface area is 139 Å². The first-order valence-corrected chi connectivity index (χ1v) is 7.63. The van der Waals surface area contributed by atoms with Crippen molar-refractivity contribution in [3.63, 3.8) is 0 Å². The Kier molecular flexibility index (Phi) is 6.48. The van der Waals surface area contributed by atoms with Gasteiger partial charge in [-0.15, -0.1) is 0 Å². The highest BCUT2D eigenvalue weighted by molar-refractivity contribution is 5.76. The van der Waals surface area contributed by atoms with Crippen molar-refractivity contribution in [2.75, 3.05) is 13.7 Å². The predicted molar refractivity (Wildman–Crippen MR) is 84.5 cm³/mol. The molecule has 2 rings (SSSR count).